The number of aromatic carboxylic acids is 4. The van der Waals surface area contributed by atoms with Crippen molar-refractivity contribution in [1.82, 2.24) is 0 Å². The quantitative estimate of drug-likeness (QED) is 0.0414. The summed E-state index contributed by atoms with van der Waals surface area (Å²) in [5, 5.41) is 52.2. The van der Waals surface area contributed by atoms with Crippen LogP contribution in [0.4, 0.5) is 0 Å². The van der Waals surface area contributed by atoms with E-state index >= 15 is 0 Å². The molecular formula is C69H48K4O15. The molecule has 0 spiro atoms. The summed E-state index contributed by atoms with van der Waals surface area (Å²) in [4.78, 5) is 45.6. The Balaban J connectivity index is 0.00000276. The molecular weight excluding hydrogens is 1230 g/mol. The zero-order valence-electron chi connectivity index (χ0n) is 48.7. The first-order chi connectivity index (χ1) is 40.8. The van der Waals surface area contributed by atoms with Gasteiger partial charge in [-0.05, 0) is 131 Å². The number of rotatable bonds is 25. The third-order valence-corrected chi connectivity index (χ3v) is 13.9. The molecule has 0 fully saturated rings. The van der Waals surface area contributed by atoms with Crippen LogP contribution in [0.3, 0.4) is 0 Å². The number of hydrogen-bond donors (Lipinski definition) is 0. The third kappa shape index (κ3) is 18.8. The van der Waals surface area contributed by atoms with Crippen LogP contribution in [0.5, 0.6) is 40.2 Å². The van der Waals surface area contributed by atoms with Gasteiger partial charge in [-0.3, -0.25) is 0 Å². The molecule has 0 aliphatic carbocycles. The van der Waals surface area contributed by atoms with Gasteiger partial charge in [0.25, 0.3) is 0 Å². The molecule has 0 unspecified atom stereocenters. The third-order valence-electron chi connectivity index (χ3n) is 13.9. The van der Waals surface area contributed by atoms with Crippen molar-refractivity contribution in [3.63, 3.8) is 0 Å². The van der Waals surface area contributed by atoms with Crippen molar-refractivity contribution in [3.05, 3.63) is 267 Å². The fraction of sp³-hybridized carbons (Fsp3) is 0.101. The molecule has 0 atom stereocenters. The van der Waals surface area contributed by atoms with Crippen molar-refractivity contribution in [2.24, 2.45) is 0 Å². The molecule has 418 valence electrons. The number of carboxylic acids is 4. The first-order valence-electron chi connectivity index (χ1n) is 26.5. The van der Waals surface area contributed by atoms with Crippen molar-refractivity contribution >= 4 is 56.2 Å². The summed E-state index contributed by atoms with van der Waals surface area (Å²) in [6.07, 6.45) is 0. The maximum Gasteiger partial charge on any atom is 1.00 e. The predicted octanol–water partition coefficient (Wildman–Crippen LogP) is -2.89. The molecule has 0 amide bonds. The maximum absolute atomic E-state index is 11.4. The standard InChI is InChI=1S/C69H52O15.4K/c70-66(71)52-12-4-42(5-13-52)35-78-56-26-46(27-57(32-56)79-36-43-6-14-53(15-7-43)67(72)73)39-82-60-30-48(41-84-63-25-23-51-21-20-49-2-1-3-50-22-24-62(63)65(51)64(49)50)31-61(34-60)83-40-47-28-58(80-37-44-8-16-54(17-9-44)68(74)75)33-59(29-47)81-38-45-10-18-55(19-11-45)69(76)77;;;;/h1-34H,35-41H2,(H,70,71)(H,72,73)(H,74,75)(H,76,77);;;;/q;4*+1/p-4. The SMILES string of the molecule is O=C([O-])c1ccc(COc2cc(COc3cc(COc4ccc5ccc6cccc7ccc4c5c67)cc(OCc4cc(OCc5ccc(C(=O)[O-])cc5)cc(OCc5ccc(C(=O)[O-])cc5)c4)c3)cc(OCc3ccc(C(=O)[O-])cc3)c2)cc1.[K+].[K+].[K+].[K+]. The summed E-state index contributed by atoms with van der Waals surface area (Å²) >= 11 is 0. The van der Waals surface area contributed by atoms with Gasteiger partial charge in [-0.1, -0.05) is 140 Å². The predicted molar refractivity (Wildman–Crippen MR) is 303 cm³/mol. The molecule has 0 bridgehead atoms. The second-order valence-electron chi connectivity index (χ2n) is 19.8. The van der Waals surface area contributed by atoms with Crippen molar-refractivity contribution in [2.45, 2.75) is 46.2 Å². The molecule has 0 heterocycles. The average molecular weight is 1270 g/mol. The van der Waals surface area contributed by atoms with E-state index in [9.17, 15) is 39.6 Å². The van der Waals surface area contributed by atoms with Crippen molar-refractivity contribution < 1.29 is 278 Å². The second-order valence-corrected chi connectivity index (χ2v) is 19.8. The first kappa shape index (κ1) is 70.9. The van der Waals surface area contributed by atoms with E-state index in [-0.39, 0.29) is 274 Å². The number of hydrogen-bond acceptors (Lipinski definition) is 15. The Morgan fingerprint density at radius 1 is 0.261 bits per heavy atom. The van der Waals surface area contributed by atoms with Crippen molar-refractivity contribution in [1.29, 1.82) is 0 Å². The summed E-state index contributed by atoms with van der Waals surface area (Å²) < 4.78 is 44.7. The van der Waals surface area contributed by atoms with E-state index in [1.54, 1.807) is 91.0 Å². The van der Waals surface area contributed by atoms with Crippen LogP contribution in [0, 0.1) is 0 Å². The van der Waals surface area contributed by atoms with E-state index in [1.165, 1.54) is 48.5 Å². The topological polar surface area (TPSA) is 225 Å². The van der Waals surface area contributed by atoms with Gasteiger partial charge < -0.3 is 72.8 Å². The van der Waals surface area contributed by atoms with E-state index in [2.05, 4.69) is 48.5 Å². The fourth-order valence-corrected chi connectivity index (χ4v) is 9.59. The molecule has 11 aromatic carbocycles. The number of carboxylic acid groups (broad SMARTS) is 4. The molecule has 0 saturated heterocycles. The molecule has 0 N–H and O–H groups in total. The molecule has 88 heavy (non-hydrogen) atoms. The van der Waals surface area contributed by atoms with Gasteiger partial charge in [0.15, 0.2) is 0 Å². The number of ether oxygens (including phenoxy) is 7. The molecule has 11 rings (SSSR count). The summed E-state index contributed by atoms with van der Waals surface area (Å²) in [5.74, 6) is -1.87. The van der Waals surface area contributed by atoms with Crippen LogP contribution < -0.4 is 259 Å². The summed E-state index contributed by atoms with van der Waals surface area (Å²) in [7, 11) is 0. The normalized spacial score (nSPS) is 10.6. The molecule has 0 aliphatic rings. The van der Waals surface area contributed by atoms with Crippen LogP contribution in [0.2, 0.25) is 0 Å². The van der Waals surface area contributed by atoms with E-state index in [4.69, 9.17) is 33.2 Å². The van der Waals surface area contributed by atoms with Crippen molar-refractivity contribution in [3.8, 4) is 40.2 Å². The Labute approximate surface area is 676 Å². The van der Waals surface area contributed by atoms with Crippen LogP contribution in [0.25, 0.3) is 32.3 Å². The van der Waals surface area contributed by atoms with Gasteiger partial charge in [0.2, 0.25) is 0 Å². The van der Waals surface area contributed by atoms with Gasteiger partial charge in [0, 0.05) is 29.0 Å². The first-order valence-corrected chi connectivity index (χ1v) is 26.5. The number of carbonyl (C=O) groups is 4. The number of benzene rings is 11. The van der Waals surface area contributed by atoms with Crippen LogP contribution in [0.1, 0.15) is 80.4 Å². The van der Waals surface area contributed by atoms with Gasteiger partial charge in [0.05, 0.1) is 23.9 Å². The van der Waals surface area contributed by atoms with Gasteiger partial charge in [0.1, 0.15) is 86.5 Å². The van der Waals surface area contributed by atoms with Crippen LogP contribution in [0.15, 0.2) is 206 Å². The number of carbonyl (C=O) groups excluding carboxylic acids is 4. The van der Waals surface area contributed by atoms with Gasteiger partial charge in [-0.25, -0.2) is 0 Å². The molecule has 11 aromatic rings. The summed E-state index contributed by atoms with van der Waals surface area (Å²) in [6.45, 7) is 0.570. The smallest absolute Gasteiger partial charge is 0.545 e. The Bertz CT molecular complexity index is 3850. The molecule has 0 radical (unpaired) electrons. The van der Waals surface area contributed by atoms with Gasteiger partial charge in [-0.15, -0.1) is 0 Å². The van der Waals surface area contributed by atoms with Gasteiger partial charge >= 0.3 is 206 Å². The second kappa shape index (κ2) is 33.7. The van der Waals surface area contributed by atoms with Crippen LogP contribution >= 0.6 is 0 Å². The molecule has 19 heteroatoms. The molecule has 0 aliphatic heterocycles. The van der Waals surface area contributed by atoms with E-state index < -0.39 is 23.9 Å². The minimum absolute atomic E-state index is 0. The van der Waals surface area contributed by atoms with Crippen LogP contribution in [-0.4, -0.2) is 23.9 Å². The van der Waals surface area contributed by atoms with Crippen molar-refractivity contribution in [2.75, 3.05) is 0 Å². The van der Waals surface area contributed by atoms with E-state index in [0.29, 0.717) is 73.6 Å². The van der Waals surface area contributed by atoms with Crippen LogP contribution in [-0.2, 0) is 46.2 Å². The average Bonchev–Trinajstić information content (AvgIpc) is 1.01. The zero-order chi connectivity index (χ0) is 58.1. The Morgan fingerprint density at radius 2 is 0.511 bits per heavy atom. The van der Waals surface area contributed by atoms with E-state index in [1.807, 2.05) is 18.2 Å². The fourth-order valence-electron chi connectivity index (χ4n) is 9.59. The maximum atomic E-state index is 11.4. The largest absolute Gasteiger partial charge is 1.00 e. The minimum atomic E-state index is -1.29. The molecule has 15 nitrogen and oxygen atoms in total. The Kier molecular flexibility index (Phi) is 27.2. The molecule has 0 aromatic heterocycles. The summed E-state index contributed by atoms with van der Waals surface area (Å²) in [6, 6.07) is 59.5. The minimum Gasteiger partial charge on any atom is -0.545 e. The molecule has 0 saturated carbocycles. The van der Waals surface area contributed by atoms with E-state index in [0.717, 1.165) is 37.9 Å². The summed E-state index contributed by atoms with van der Waals surface area (Å²) in [5.41, 5.74) is 5.02. The van der Waals surface area contributed by atoms with Gasteiger partial charge in [-0.2, -0.15) is 0 Å². The Morgan fingerprint density at radius 3 is 0.807 bits per heavy atom. The zero-order valence-corrected chi connectivity index (χ0v) is 61.2. The monoisotopic (exact) mass is 1270 g/mol. The Hall–Kier alpha value is -4.51.